The first-order chi connectivity index (χ1) is 8.47. The number of phenolic OH excluding ortho intramolecular Hbond substituents is 1. The minimum atomic E-state index is -0.316. The van der Waals surface area contributed by atoms with Crippen LogP contribution in [0.3, 0.4) is 0 Å². The maximum atomic E-state index is 13.3. The van der Waals surface area contributed by atoms with Gasteiger partial charge in [-0.25, -0.2) is 4.39 Å². The molecule has 1 saturated heterocycles. The normalized spacial score (nSPS) is 27.1. The number of nitrogens with zero attached hydrogens (tertiary/aromatic N) is 1. The Bertz CT molecular complexity index is 414. The Hall–Kier alpha value is -1.13. The molecule has 2 rings (SSSR count). The van der Waals surface area contributed by atoms with Crippen LogP contribution in [0.1, 0.15) is 31.9 Å². The summed E-state index contributed by atoms with van der Waals surface area (Å²) in [6, 6.07) is 4.23. The largest absolute Gasteiger partial charge is 0.508 e. The summed E-state index contributed by atoms with van der Waals surface area (Å²) >= 11 is 0. The van der Waals surface area contributed by atoms with Crippen LogP contribution in [0.15, 0.2) is 18.2 Å². The van der Waals surface area contributed by atoms with Gasteiger partial charge >= 0.3 is 0 Å². The molecular formula is C14H21FN2O. The Balaban J connectivity index is 2.19. The van der Waals surface area contributed by atoms with Gasteiger partial charge < -0.3 is 10.8 Å². The van der Waals surface area contributed by atoms with Gasteiger partial charge in [0, 0.05) is 30.7 Å². The fourth-order valence-electron chi connectivity index (χ4n) is 2.81. The quantitative estimate of drug-likeness (QED) is 0.849. The van der Waals surface area contributed by atoms with Crippen LogP contribution in [0.2, 0.25) is 0 Å². The van der Waals surface area contributed by atoms with Gasteiger partial charge in [0.15, 0.2) is 0 Å². The fourth-order valence-corrected chi connectivity index (χ4v) is 2.81. The van der Waals surface area contributed by atoms with Crippen molar-refractivity contribution in [3.8, 4) is 5.75 Å². The SMILES string of the molecule is CC1CC(N)CN(C(C)c2cc(F)ccc2O)C1. The molecule has 0 spiro atoms. The number of aromatic hydroxyl groups is 1. The minimum absolute atomic E-state index is 0.0190. The van der Waals surface area contributed by atoms with Gasteiger partial charge in [0.1, 0.15) is 11.6 Å². The van der Waals surface area contributed by atoms with Gasteiger partial charge in [0.2, 0.25) is 0 Å². The molecule has 3 N–H and O–H groups in total. The van der Waals surface area contributed by atoms with Crippen molar-refractivity contribution in [2.24, 2.45) is 11.7 Å². The number of halogens is 1. The van der Waals surface area contributed by atoms with Gasteiger partial charge in [-0.05, 0) is 37.5 Å². The van der Waals surface area contributed by atoms with Gasteiger partial charge in [0.05, 0.1) is 0 Å². The first-order valence-electron chi connectivity index (χ1n) is 6.45. The Labute approximate surface area is 107 Å². The average Bonchev–Trinajstić information content (AvgIpc) is 2.30. The molecule has 0 bridgehead atoms. The average molecular weight is 252 g/mol. The summed E-state index contributed by atoms with van der Waals surface area (Å²) in [7, 11) is 0. The summed E-state index contributed by atoms with van der Waals surface area (Å²) in [5.74, 6) is 0.367. The van der Waals surface area contributed by atoms with E-state index < -0.39 is 0 Å². The van der Waals surface area contributed by atoms with E-state index in [2.05, 4.69) is 11.8 Å². The number of hydrogen-bond acceptors (Lipinski definition) is 3. The van der Waals surface area contributed by atoms with Crippen LogP contribution in [-0.2, 0) is 0 Å². The summed E-state index contributed by atoms with van der Waals surface area (Å²) in [4.78, 5) is 2.22. The van der Waals surface area contributed by atoms with Gasteiger partial charge in [-0.1, -0.05) is 6.92 Å². The van der Waals surface area contributed by atoms with E-state index in [-0.39, 0.29) is 23.7 Å². The number of benzene rings is 1. The molecule has 0 saturated carbocycles. The Morgan fingerprint density at radius 2 is 2.17 bits per heavy atom. The molecule has 1 fully saturated rings. The maximum absolute atomic E-state index is 13.3. The summed E-state index contributed by atoms with van der Waals surface area (Å²) in [6.45, 7) is 5.88. The van der Waals surface area contributed by atoms with E-state index in [0.717, 1.165) is 19.5 Å². The highest BCUT2D eigenvalue weighted by Crippen LogP contribution is 2.31. The number of likely N-dealkylation sites (tertiary alicyclic amines) is 1. The fraction of sp³-hybridized carbons (Fsp3) is 0.571. The third-order valence-electron chi connectivity index (χ3n) is 3.71. The van der Waals surface area contributed by atoms with Crippen LogP contribution in [0, 0.1) is 11.7 Å². The first kappa shape index (κ1) is 13.3. The zero-order valence-corrected chi connectivity index (χ0v) is 10.9. The lowest BCUT2D eigenvalue weighted by Crippen LogP contribution is -2.47. The Kier molecular flexibility index (Phi) is 3.88. The van der Waals surface area contributed by atoms with E-state index in [9.17, 15) is 9.50 Å². The zero-order valence-electron chi connectivity index (χ0n) is 10.9. The number of nitrogens with two attached hydrogens (primary N) is 1. The lowest BCUT2D eigenvalue weighted by Gasteiger charge is -2.38. The van der Waals surface area contributed by atoms with E-state index in [1.54, 1.807) is 0 Å². The molecule has 1 aliphatic rings. The molecule has 1 aromatic rings. The monoisotopic (exact) mass is 252 g/mol. The summed E-state index contributed by atoms with van der Waals surface area (Å²) in [6.07, 6.45) is 1.03. The van der Waals surface area contributed by atoms with Crippen molar-refractivity contribution in [2.75, 3.05) is 13.1 Å². The van der Waals surface area contributed by atoms with Crippen molar-refractivity contribution in [1.82, 2.24) is 4.90 Å². The molecule has 0 aliphatic carbocycles. The van der Waals surface area contributed by atoms with E-state index >= 15 is 0 Å². The third-order valence-corrected chi connectivity index (χ3v) is 3.71. The van der Waals surface area contributed by atoms with Gasteiger partial charge in [-0.15, -0.1) is 0 Å². The molecule has 0 aromatic heterocycles. The van der Waals surface area contributed by atoms with Gasteiger partial charge in [-0.2, -0.15) is 0 Å². The van der Waals surface area contributed by atoms with E-state index in [0.29, 0.717) is 11.5 Å². The second-order valence-corrected chi connectivity index (χ2v) is 5.43. The van der Waals surface area contributed by atoms with Crippen molar-refractivity contribution in [1.29, 1.82) is 0 Å². The lowest BCUT2D eigenvalue weighted by molar-refractivity contribution is 0.122. The second kappa shape index (κ2) is 5.24. The molecule has 4 heteroatoms. The van der Waals surface area contributed by atoms with Crippen molar-refractivity contribution in [2.45, 2.75) is 32.4 Å². The topological polar surface area (TPSA) is 49.5 Å². The van der Waals surface area contributed by atoms with E-state index in [1.165, 1.54) is 18.2 Å². The molecule has 0 amide bonds. The van der Waals surface area contributed by atoms with Crippen molar-refractivity contribution < 1.29 is 9.50 Å². The first-order valence-corrected chi connectivity index (χ1v) is 6.45. The smallest absolute Gasteiger partial charge is 0.123 e. The highest BCUT2D eigenvalue weighted by molar-refractivity contribution is 5.35. The molecule has 18 heavy (non-hydrogen) atoms. The summed E-state index contributed by atoms with van der Waals surface area (Å²) in [5.41, 5.74) is 6.66. The molecule has 3 nitrogen and oxygen atoms in total. The molecule has 1 aliphatic heterocycles. The molecule has 0 radical (unpaired) electrons. The second-order valence-electron chi connectivity index (χ2n) is 5.43. The summed E-state index contributed by atoms with van der Waals surface area (Å²) in [5, 5.41) is 9.84. The standard InChI is InChI=1S/C14H21FN2O/c1-9-5-12(16)8-17(7-9)10(2)13-6-11(15)3-4-14(13)18/h3-4,6,9-10,12,18H,5,7-8,16H2,1-2H3. The predicted molar refractivity (Wildman–Crippen MR) is 69.8 cm³/mol. The van der Waals surface area contributed by atoms with Gasteiger partial charge in [0.25, 0.3) is 0 Å². The number of hydrogen-bond donors (Lipinski definition) is 2. The maximum Gasteiger partial charge on any atom is 0.123 e. The van der Waals surface area contributed by atoms with Gasteiger partial charge in [-0.3, -0.25) is 4.90 Å². The molecule has 1 heterocycles. The zero-order chi connectivity index (χ0) is 13.3. The lowest BCUT2D eigenvalue weighted by atomic mass is 9.93. The Morgan fingerprint density at radius 3 is 2.83 bits per heavy atom. The van der Waals surface area contributed by atoms with Crippen molar-refractivity contribution in [3.63, 3.8) is 0 Å². The highest BCUT2D eigenvalue weighted by Gasteiger charge is 2.27. The molecule has 3 unspecified atom stereocenters. The van der Waals surface area contributed by atoms with Crippen LogP contribution >= 0.6 is 0 Å². The third kappa shape index (κ3) is 2.82. The van der Waals surface area contributed by atoms with Crippen molar-refractivity contribution in [3.05, 3.63) is 29.6 Å². The van der Waals surface area contributed by atoms with Crippen LogP contribution in [0.5, 0.6) is 5.75 Å². The van der Waals surface area contributed by atoms with Crippen LogP contribution in [0.25, 0.3) is 0 Å². The summed E-state index contributed by atoms with van der Waals surface area (Å²) < 4.78 is 13.3. The Morgan fingerprint density at radius 1 is 1.44 bits per heavy atom. The number of piperidine rings is 1. The van der Waals surface area contributed by atoms with E-state index in [1.807, 2.05) is 6.92 Å². The molecule has 100 valence electrons. The highest BCUT2D eigenvalue weighted by atomic mass is 19.1. The number of phenols is 1. The van der Waals surface area contributed by atoms with E-state index in [4.69, 9.17) is 5.73 Å². The molecular weight excluding hydrogens is 231 g/mol. The predicted octanol–water partition coefficient (Wildman–Crippen LogP) is 2.26. The number of rotatable bonds is 2. The van der Waals surface area contributed by atoms with Crippen molar-refractivity contribution >= 4 is 0 Å². The molecule has 1 aromatic carbocycles. The van der Waals surface area contributed by atoms with Crippen LogP contribution in [0.4, 0.5) is 4.39 Å². The van der Waals surface area contributed by atoms with Crippen LogP contribution < -0.4 is 5.73 Å². The van der Waals surface area contributed by atoms with Crippen LogP contribution in [-0.4, -0.2) is 29.1 Å². The minimum Gasteiger partial charge on any atom is -0.508 e. The molecule has 3 atom stereocenters.